The number of hydrogen-bond acceptors (Lipinski definition) is 4. The predicted octanol–water partition coefficient (Wildman–Crippen LogP) is 1.78. The molecule has 0 aromatic heterocycles. The van der Waals surface area contributed by atoms with Crippen molar-refractivity contribution in [1.29, 1.82) is 0 Å². The quantitative estimate of drug-likeness (QED) is 0.890. The van der Waals surface area contributed by atoms with Crippen molar-refractivity contribution in [3.05, 3.63) is 30.3 Å². The van der Waals surface area contributed by atoms with Gasteiger partial charge in [0.2, 0.25) is 5.91 Å². The van der Waals surface area contributed by atoms with Crippen LogP contribution in [-0.2, 0) is 4.79 Å². The molecule has 2 rings (SSSR count). The molecule has 126 valence electrons. The van der Waals surface area contributed by atoms with E-state index in [9.17, 15) is 14.7 Å². The number of amides is 2. The third kappa shape index (κ3) is 4.69. The first-order valence-corrected chi connectivity index (χ1v) is 7.77. The normalized spacial score (nSPS) is 19.3. The van der Waals surface area contributed by atoms with Crippen LogP contribution < -0.4 is 10.1 Å². The Labute approximate surface area is 136 Å². The number of hydrogen-bond donors (Lipinski definition) is 2. The Morgan fingerprint density at radius 2 is 1.96 bits per heavy atom. The molecule has 2 N–H and O–H groups in total. The number of benzene rings is 1. The molecule has 1 aromatic carbocycles. The van der Waals surface area contributed by atoms with Gasteiger partial charge in [-0.25, -0.2) is 4.79 Å². The van der Waals surface area contributed by atoms with Crippen LogP contribution in [0.4, 0.5) is 4.79 Å². The van der Waals surface area contributed by atoms with Gasteiger partial charge in [0.15, 0.2) is 0 Å². The number of carbonyl (C=O) groups is 2. The second-order valence-corrected chi connectivity index (χ2v) is 6.87. The number of carbonyl (C=O) groups excluding carboxylic acids is 2. The van der Waals surface area contributed by atoms with Crippen LogP contribution in [0.5, 0.6) is 5.75 Å². The van der Waals surface area contributed by atoms with Crippen molar-refractivity contribution in [2.24, 2.45) is 5.41 Å². The third-order valence-electron chi connectivity index (χ3n) is 3.80. The molecule has 0 radical (unpaired) electrons. The first-order valence-electron chi connectivity index (χ1n) is 7.77. The molecule has 1 aliphatic rings. The monoisotopic (exact) mass is 320 g/mol. The van der Waals surface area contributed by atoms with Gasteiger partial charge < -0.3 is 20.1 Å². The summed E-state index contributed by atoms with van der Waals surface area (Å²) in [7, 11) is 0. The molecule has 0 aliphatic carbocycles. The molecule has 0 saturated carbocycles. The van der Waals surface area contributed by atoms with Crippen LogP contribution in [0.15, 0.2) is 30.3 Å². The van der Waals surface area contributed by atoms with Crippen molar-refractivity contribution >= 4 is 12.0 Å². The molecule has 0 bridgehead atoms. The average molecular weight is 320 g/mol. The van der Waals surface area contributed by atoms with Crippen molar-refractivity contribution in [1.82, 2.24) is 10.2 Å². The van der Waals surface area contributed by atoms with Gasteiger partial charge in [-0.15, -0.1) is 0 Å². The number of para-hydroxylation sites is 1. The molecule has 1 fully saturated rings. The Morgan fingerprint density at radius 1 is 1.30 bits per heavy atom. The van der Waals surface area contributed by atoms with Crippen LogP contribution in [-0.4, -0.2) is 47.2 Å². The van der Waals surface area contributed by atoms with Crippen molar-refractivity contribution in [2.45, 2.75) is 39.3 Å². The summed E-state index contributed by atoms with van der Waals surface area (Å²) in [6, 6.07) is 7.98. The van der Waals surface area contributed by atoms with E-state index >= 15 is 0 Å². The van der Waals surface area contributed by atoms with Crippen molar-refractivity contribution < 1.29 is 19.4 Å². The topological polar surface area (TPSA) is 78.9 Å². The Bertz CT molecular complexity index is 553. The lowest BCUT2D eigenvalue weighted by Crippen LogP contribution is -2.55. The molecule has 2 atom stereocenters. The van der Waals surface area contributed by atoms with E-state index in [1.165, 1.54) is 0 Å². The summed E-state index contributed by atoms with van der Waals surface area (Å²) >= 11 is 0. The summed E-state index contributed by atoms with van der Waals surface area (Å²) in [6.45, 7) is 6.45. The number of rotatable bonds is 3. The van der Waals surface area contributed by atoms with Gasteiger partial charge in [-0.1, -0.05) is 39.0 Å². The van der Waals surface area contributed by atoms with Crippen LogP contribution in [0.3, 0.4) is 0 Å². The predicted molar refractivity (Wildman–Crippen MR) is 86.0 cm³/mol. The summed E-state index contributed by atoms with van der Waals surface area (Å²) in [6.07, 6.45) is -0.586. The molecular weight excluding hydrogens is 296 g/mol. The van der Waals surface area contributed by atoms with Gasteiger partial charge >= 0.3 is 6.09 Å². The van der Waals surface area contributed by atoms with Gasteiger partial charge in [-0.2, -0.15) is 0 Å². The standard InChI is InChI=1S/C17H24N2O4/c1-17(2,3)14(15(21)19-10-9-12(20)11-19)18-16(22)23-13-7-5-4-6-8-13/h4-8,12,14,20H,9-11H2,1-3H3,(H,18,22). The van der Waals surface area contributed by atoms with E-state index in [1.54, 1.807) is 29.2 Å². The minimum absolute atomic E-state index is 0.195. The summed E-state index contributed by atoms with van der Waals surface area (Å²) in [4.78, 5) is 26.4. The zero-order valence-electron chi connectivity index (χ0n) is 13.8. The van der Waals surface area contributed by atoms with E-state index in [-0.39, 0.29) is 5.91 Å². The number of aliphatic hydroxyl groups is 1. The molecule has 6 heteroatoms. The number of β-amino-alcohol motifs (C(OH)–C–C–N with tert-alkyl or cyclic N) is 1. The molecule has 6 nitrogen and oxygen atoms in total. The fourth-order valence-electron chi connectivity index (χ4n) is 2.52. The van der Waals surface area contributed by atoms with Gasteiger partial charge in [-0.05, 0) is 24.0 Å². The fourth-order valence-corrected chi connectivity index (χ4v) is 2.52. The summed E-state index contributed by atoms with van der Waals surface area (Å²) in [5, 5.41) is 12.3. The van der Waals surface area contributed by atoms with Gasteiger partial charge in [0, 0.05) is 13.1 Å². The van der Waals surface area contributed by atoms with Crippen LogP contribution in [0.2, 0.25) is 0 Å². The molecule has 1 heterocycles. The largest absolute Gasteiger partial charge is 0.413 e. The Morgan fingerprint density at radius 3 is 2.48 bits per heavy atom. The smallest absolute Gasteiger partial charge is 0.410 e. The summed E-state index contributed by atoms with van der Waals surface area (Å²) in [5.74, 6) is 0.223. The van der Waals surface area contributed by atoms with Crippen molar-refractivity contribution in [3.63, 3.8) is 0 Å². The fraction of sp³-hybridized carbons (Fsp3) is 0.529. The number of ether oxygens (including phenoxy) is 1. The molecule has 0 spiro atoms. The molecule has 1 aromatic rings. The SMILES string of the molecule is CC(C)(C)C(NC(=O)Oc1ccccc1)C(=O)N1CCC(O)C1. The van der Waals surface area contributed by atoms with Crippen LogP contribution in [0.1, 0.15) is 27.2 Å². The summed E-state index contributed by atoms with van der Waals surface area (Å²) < 4.78 is 5.20. The van der Waals surface area contributed by atoms with Crippen LogP contribution in [0.25, 0.3) is 0 Å². The number of aliphatic hydroxyl groups excluding tert-OH is 1. The highest BCUT2D eigenvalue weighted by Gasteiger charge is 2.38. The number of likely N-dealkylation sites (tertiary alicyclic amines) is 1. The van der Waals surface area contributed by atoms with E-state index in [4.69, 9.17) is 4.74 Å². The maximum absolute atomic E-state index is 12.7. The van der Waals surface area contributed by atoms with E-state index in [2.05, 4.69) is 5.32 Å². The van der Waals surface area contributed by atoms with Crippen molar-refractivity contribution in [3.8, 4) is 5.75 Å². The van der Waals surface area contributed by atoms with E-state index in [0.29, 0.717) is 25.3 Å². The molecule has 1 saturated heterocycles. The second-order valence-electron chi connectivity index (χ2n) is 6.87. The molecule has 2 unspecified atom stereocenters. The van der Waals surface area contributed by atoms with Gasteiger partial charge in [0.25, 0.3) is 0 Å². The first-order chi connectivity index (χ1) is 10.8. The lowest BCUT2D eigenvalue weighted by Gasteiger charge is -2.33. The van der Waals surface area contributed by atoms with Crippen LogP contribution >= 0.6 is 0 Å². The highest BCUT2D eigenvalue weighted by Crippen LogP contribution is 2.23. The van der Waals surface area contributed by atoms with E-state index in [0.717, 1.165) is 0 Å². The molecule has 23 heavy (non-hydrogen) atoms. The summed E-state index contributed by atoms with van der Waals surface area (Å²) in [5.41, 5.74) is -0.472. The third-order valence-corrected chi connectivity index (χ3v) is 3.80. The lowest BCUT2D eigenvalue weighted by molar-refractivity contribution is -0.135. The molecular formula is C17H24N2O4. The minimum Gasteiger partial charge on any atom is -0.410 e. The Balaban J connectivity index is 2.04. The molecule has 2 amide bonds. The highest BCUT2D eigenvalue weighted by atomic mass is 16.6. The zero-order valence-corrected chi connectivity index (χ0v) is 13.8. The highest BCUT2D eigenvalue weighted by molar-refractivity contribution is 5.87. The average Bonchev–Trinajstić information content (AvgIpc) is 2.90. The van der Waals surface area contributed by atoms with E-state index in [1.807, 2.05) is 26.8 Å². The second kappa shape index (κ2) is 7.00. The van der Waals surface area contributed by atoms with Gasteiger partial charge in [0.05, 0.1) is 6.10 Å². The maximum Gasteiger partial charge on any atom is 0.413 e. The zero-order chi connectivity index (χ0) is 17.0. The van der Waals surface area contributed by atoms with Gasteiger partial charge in [-0.3, -0.25) is 4.79 Å². The van der Waals surface area contributed by atoms with Gasteiger partial charge in [0.1, 0.15) is 11.8 Å². The minimum atomic E-state index is -0.719. The van der Waals surface area contributed by atoms with E-state index < -0.39 is 23.7 Å². The first kappa shape index (κ1) is 17.3. The lowest BCUT2D eigenvalue weighted by atomic mass is 9.86. The van der Waals surface area contributed by atoms with Crippen LogP contribution in [0, 0.1) is 5.41 Å². The number of nitrogens with zero attached hydrogens (tertiary/aromatic N) is 1. The van der Waals surface area contributed by atoms with Crippen molar-refractivity contribution in [2.75, 3.05) is 13.1 Å². The molecule has 1 aliphatic heterocycles. The number of nitrogens with one attached hydrogen (secondary N) is 1. The Kier molecular flexibility index (Phi) is 5.26. The Hall–Kier alpha value is -2.08. The maximum atomic E-state index is 12.7.